The van der Waals surface area contributed by atoms with Gasteiger partial charge in [0.05, 0.1) is 11.2 Å². The largest absolute Gasteiger partial charge is 0.331 e. The molecule has 4 amide bonds. The molecule has 1 aromatic carbocycles. The van der Waals surface area contributed by atoms with Crippen molar-refractivity contribution in [2.75, 3.05) is 18.4 Å². The van der Waals surface area contributed by atoms with Gasteiger partial charge in [-0.1, -0.05) is 39.7 Å². The molecule has 2 aromatic rings. The Morgan fingerprint density at radius 3 is 2.55 bits per heavy atom. The van der Waals surface area contributed by atoms with Gasteiger partial charge in [0.25, 0.3) is 5.91 Å². The Bertz CT molecular complexity index is 993. The summed E-state index contributed by atoms with van der Waals surface area (Å²) in [5, 5.41) is 15.4. The van der Waals surface area contributed by atoms with E-state index in [1.165, 1.54) is 4.90 Å². The summed E-state index contributed by atoms with van der Waals surface area (Å²) in [5.74, 6) is -0.715. The van der Waals surface area contributed by atoms with Crippen LogP contribution in [0.1, 0.15) is 46.5 Å². The van der Waals surface area contributed by atoms with E-state index in [0.29, 0.717) is 18.2 Å². The van der Waals surface area contributed by atoms with E-state index in [4.69, 9.17) is 5.21 Å². The lowest BCUT2D eigenvalue weighted by Gasteiger charge is -2.35. The van der Waals surface area contributed by atoms with Gasteiger partial charge >= 0.3 is 6.03 Å². The number of nitrogens with zero attached hydrogens (tertiary/aromatic N) is 2. The van der Waals surface area contributed by atoms with Crippen LogP contribution in [0.25, 0.3) is 10.9 Å². The van der Waals surface area contributed by atoms with Crippen LogP contribution in [0.5, 0.6) is 0 Å². The predicted molar refractivity (Wildman–Crippen MR) is 126 cm³/mol. The number of urea groups is 1. The van der Waals surface area contributed by atoms with Gasteiger partial charge in [0.1, 0.15) is 12.6 Å². The third-order valence-electron chi connectivity index (χ3n) is 6.01. The zero-order valence-corrected chi connectivity index (χ0v) is 19.4. The van der Waals surface area contributed by atoms with E-state index < -0.39 is 23.4 Å². The quantitative estimate of drug-likeness (QED) is 0.377. The number of anilines is 1. The van der Waals surface area contributed by atoms with Crippen molar-refractivity contribution in [3.8, 4) is 0 Å². The number of carbonyl (C=O) groups is 3. The van der Waals surface area contributed by atoms with Gasteiger partial charge in [-0.2, -0.15) is 0 Å². The highest BCUT2D eigenvalue weighted by Gasteiger charge is 2.37. The number of aromatic nitrogens is 1. The third kappa shape index (κ3) is 6.41. The summed E-state index contributed by atoms with van der Waals surface area (Å²) in [4.78, 5) is 44.1. The molecule has 4 N–H and O–H groups in total. The monoisotopic (exact) mass is 455 g/mol. The summed E-state index contributed by atoms with van der Waals surface area (Å²) in [6, 6.07) is 7.68. The van der Waals surface area contributed by atoms with Crippen LogP contribution < -0.4 is 16.1 Å². The highest BCUT2D eigenvalue weighted by atomic mass is 16.5. The molecule has 0 saturated heterocycles. The minimum Gasteiger partial charge on any atom is -0.331 e. The third-order valence-corrected chi connectivity index (χ3v) is 6.01. The van der Waals surface area contributed by atoms with Crippen molar-refractivity contribution >= 4 is 34.4 Å². The molecule has 0 radical (unpaired) electrons. The maximum absolute atomic E-state index is 13.5. The minimum atomic E-state index is -0.876. The first-order valence-corrected chi connectivity index (χ1v) is 11.3. The van der Waals surface area contributed by atoms with Gasteiger partial charge in [-0.25, -0.2) is 10.3 Å². The SMILES string of the molecule is CC(C)(C)C(NC(=O)Nc1cccc2ncccc12)C(=O)N(CC(=O)NO)CC1CCCC1. The van der Waals surface area contributed by atoms with Crippen molar-refractivity contribution in [1.82, 2.24) is 20.7 Å². The fourth-order valence-corrected chi connectivity index (χ4v) is 4.28. The molecule has 9 heteroatoms. The minimum absolute atomic E-state index is 0.267. The van der Waals surface area contributed by atoms with E-state index in [0.717, 1.165) is 36.6 Å². The highest BCUT2D eigenvalue weighted by Crippen LogP contribution is 2.28. The van der Waals surface area contributed by atoms with Crippen LogP contribution in [0.3, 0.4) is 0 Å². The molecule has 1 aliphatic rings. The molecule has 1 unspecified atom stereocenters. The van der Waals surface area contributed by atoms with Crippen LogP contribution in [-0.2, 0) is 9.59 Å². The Kier molecular flexibility index (Phi) is 7.86. The lowest BCUT2D eigenvalue weighted by Crippen LogP contribution is -2.57. The second-order valence-electron chi connectivity index (χ2n) is 9.68. The van der Waals surface area contributed by atoms with Gasteiger partial charge in [0.2, 0.25) is 5.91 Å². The number of hydrogen-bond donors (Lipinski definition) is 4. The maximum Gasteiger partial charge on any atom is 0.319 e. The molecule has 33 heavy (non-hydrogen) atoms. The Morgan fingerprint density at radius 2 is 1.88 bits per heavy atom. The zero-order valence-electron chi connectivity index (χ0n) is 19.4. The van der Waals surface area contributed by atoms with E-state index in [1.807, 2.05) is 32.9 Å². The Balaban J connectivity index is 1.78. The summed E-state index contributed by atoms with van der Waals surface area (Å²) in [6.45, 7) is 5.72. The van der Waals surface area contributed by atoms with Crippen LogP contribution in [-0.4, -0.2) is 52.1 Å². The molecule has 1 fully saturated rings. The highest BCUT2D eigenvalue weighted by molar-refractivity contribution is 6.01. The normalized spacial score (nSPS) is 15.2. The Hall–Kier alpha value is -3.20. The van der Waals surface area contributed by atoms with E-state index in [1.54, 1.807) is 29.9 Å². The fourth-order valence-electron chi connectivity index (χ4n) is 4.28. The van der Waals surface area contributed by atoms with E-state index >= 15 is 0 Å². The molecule has 1 atom stereocenters. The van der Waals surface area contributed by atoms with Gasteiger partial charge in [-0.05, 0) is 48.4 Å². The van der Waals surface area contributed by atoms with Gasteiger partial charge < -0.3 is 15.5 Å². The number of benzene rings is 1. The number of fused-ring (bicyclic) bond motifs is 1. The maximum atomic E-state index is 13.5. The van der Waals surface area contributed by atoms with Gasteiger partial charge in [0.15, 0.2) is 0 Å². The second-order valence-corrected chi connectivity index (χ2v) is 9.68. The number of amides is 4. The molecule has 1 aliphatic carbocycles. The smallest absolute Gasteiger partial charge is 0.319 e. The van der Waals surface area contributed by atoms with Crippen molar-refractivity contribution in [2.24, 2.45) is 11.3 Å². The van der Waals surface area contributed by atoms with E-state index in [2.05, 4.69) is 15.6 Å². The summed E-state index contributed by atoms with van der Waals surface area (Å²) < 4.78 is 0. The van der Waals surface area contributed by atoms with Crippen LogP contribution in [0.15, 0.2) is 36.5 Å². The lowest BCUT2D eigenvalue weighted by molar-refractivity contribution is -0.142. The van der Waals surface area contributed by atoms with Crippen LogP contribution in [0.2, 0.25) is 0 Å². The number of carbonyl (C=O) groups excluding carboxylic acids is 3. The topological polar surface area (TPSA) is 124 Å². The van der Waals surface area contributed by atoms with Gasteiger partial charge in [0, 0.05) is 18.1 Å². The second kappa shape index (κ2) is 10.6. The zero-order chi connectivity index (χ0) is 24.0. The number of nitrogens with one attached hydrogen (secondary N) is 3. The Labute approximate surface area is 193 Å². The van der Waals surface area contributed by atoms with Crippen molar-refractivity contribution in [1.29, 1.82) is 0 Å². The summed E-state index contributed by atoms with van der Waals surface area (Å²) in [5.41, 5.74) is 2.32. The van der Waals surface area contributed by atoms with Crippen LogP contribution in [0, 0.1) is 11.3 Å². The number of rotatable bonds is 7. The van der Waals surface area contributed by atoms with Gasteiger partial charge in [-0.3, -0.25) is 19.8 Å². The lowest BCUT2D eigenvalue weighted by atomic mass is 9.85. The van der Waals surface area contributed by atoms with E-state index in [-0.39, 0.29) is 12.5 Å². The fraction of sp³-hybridized carbons (Fsp3) is 0.500. The van der Waals surface area contributed by atoms with Crippen molar-refractivity contribution in [3.63, 3.8) is 0 Å². The van der Waals surface area contributed by atoms with Crippen LogP contribution in [0.4, 0.5) is 10.5 Å². The summed E-state index contributed by atoms with van der Waals surface area (Å²) >= 11 is 0. The molecule has 1 heterocycles. The molecule has 1 aromatic heterocycles. The summed E-state index contributed by atoms with van der Waals surface area (Å²) in [6.07, 6.45) is 5.87. The molecule has 178 valence electrons. The summed E-state index contributed by atoms with van der Waals surface area (Å²) in [7, 11) is 0. The average Bonchev–Trinajstić information content (AvgIpc) is 3.29. The van der Waals surface area contributed by atoms with E-state index in [9.17, 15) is 14.4 Å². The molecule has 0 bridgehead atoms. The molecule has 1 saturated carbocycles. The first kappa shape index (κ1) is 24.4. The molecule has 0 aliphatic heterocycles. The standard InChI is InChI=1S/C24H33N5O4/c1-24(2,3)21(22(31)29(15-20(30)28-33)14-16-8-4-5-9-16)27-23(32)26-19-12-6-11-18-17(19)10-7-13-25-18/h6-7,10-13,16,21,33H,4-5,8-9,14-15H2,1-3H3,(H,28,30)(H2,26,27,32). The molecule has 0 spiro atoms. The van der Waals surface area contributed by atoms with Gasteiger partial charge in [-0.15, -0.1) is 0 Å². The van der Waals surface area contributed by atoms with Crippen molar-refractivity contribution in [2.45, 2.75) is 52.5 Å². The average molecular weight is 456 g/mol. The molecular weight excluding hydrogens is 422 g/mol. The molecular formula is C24H33N5O4. The first-order valence-electron chi connectivity index (χ1n) is 11.3. The van der Waals surface area contributed by atoms with Crippen molar-refractivity contribution < 1.29 is 19.6 Å². The molecule has 3 rings (SSSR count). The predicted octanol–water partition coefficient (Wildman–Crippen LogP) is 3.30. The number of pyridine rings is 1. The molecule has 9 nitrogen and oxygen atoms in total. The van der Waals surface area contributed by atoms with Crippen molar-refractivity contribution in [3.05, 3.63) is 36.5 Å². The van der Waals surface area contributed by atoms with Crippen LogP contribution >= 0.6 is 0 Å². The number of hydroxylamine groups is 1. The Morgan fingerprint density at radius 1 is 1.15 bits per heavy atom. The number of hydrogen-bond acceptors (Lipinski definition) is 5. The first-order chi connectivity index (χ1) is 15.7.